The van der Waals surface area contributed by atoms with Gasteiger partial charge in [0, 0.05) is 17.6 Å². The van der Waals surface area contributed by atoms with Gasteiger partial charge < -0.3 is 9.32 Å². The molecule has 5 nitrogen and oxygen atoms in total. The number of halogens is 2. The van der Waals surface area contributed by atoms with E-state index in [9.17, 15) is 9.18 Å². The molecule has 0 fully saturated rings. The van der Waals surface area contributed by atoms with Gasteiger partial charge in [-0.05, 0) is 24.3 Å². The SMILES string of the molecule is N#CCCN(C(=O)CSc1nc2ccc(Cl)cc2o1)c1ccccc1F. The number of anilines is 1. The second kappa shape index (κ2) is 8.21. The Morgan fingerprint density at radius 2 is 2.15 bits per heavy atom. The van der Waals surface area contributed by atoms with E-state index in [4.69, 9.17) is 21.3 Å². The number of nitriles is 1. The summed E-state index contributed by atoms with van der Waals surface area (Å²) in [4.78, 5) is 18.1. The van der Waals surface area contributed by atoms with E-state index in [0.717, 1.165) is 11.8 Å². The van der Waals surface area contributed by atoms with Gasteiger partial charge in [0.25, 0.3) is 5.22 Å². The molecule has 132 valence electrons. The van der Waals surface area contributed by atoms with Gasteiger partial charge in [-0.15, -0.1) is 0 Å². The van der Waals surface area contributed by atoms with Gasteiger partial charge in [0.05, 0.1) is 23.9 Å². The quantitative estimate of drug-likeness (QED) is 0.573. The van der Waals surface area contributed by atoms with Gasteiger partial charge in [-0.3, -0.25) is 4.79 Å². The Balaban J connectivity index is 1.74. The molecule has 3 aromatic rings. The van der Waals surface area contributed by atoms with Crippen molar-refractivity contribution in [1.82, 2.24) is 4.98 Å². The van der Waals surface area contributed by atoms with Gasteiger partial charge in [-0.25, -0.2) is 9.37 Å². The van der Waals surface area contributed by atoms with Crippen LogP contribution in [0.15, 0.2) is 52.1 Å². The molecule has 2 aromatic carbocycles. The minimum Gasteiger partial charge on any atom is -0.431 e. The number of carbonyl (C=O) groups excluding carboxylic acids is 1. The lowest BCUT2D eigenvalue weighted by Gasteiger charge is -2.21. The number of nitrogens with zero attached hydrogens (tertiary/aromatic N) is 3. The van der Waals surface area contributed by atoms with Crippen LogP contribution in [0.25, 0.3) is 11.1 Å². The number of hydrogen-bond acceptors (Lipinski definition) is 5. The van der Waals surface area contributed by atoms with E-state index in [-0.39, 0.29) is 30.3 Å². The number of amides is 1. The van der Waals surface area contributed by atoms with Crippen molar-refractivity contribution in [3.63, 3.8) is 0 Å². The lowest BCUT2D eigenvalue weighted by Crippen LogP contribution is -2.34. The summed E-state index contributed by atoms with van der Waals surface area (Å²) in [5.41, 5.74) is 1.32. The third kappa shape index (κ3) is 4.15. The Morgan fingerprint density at radius 3 is 2.92 bits per heavy atom. The molecule has 0 atom stereocenters. The van der Waals surface area contributed by atoms with E-state index in [2.05, 4.69) is 4.98 Å². The number of oxazole rings is 1. The van der Waals surface area contributed by atoms with Crippen molar-refractivity contribution in [2.45, 2.75) is 11.6 Å². The monoisotopic (exact) mass is 389 g/mol. The summed E-state index contributed by atoms with van der Waals surface area (Å²) in [6, 6.07) is 13.0. The van der Waals surface area contributed by atoms with E-state index >= 15 is 0 Å². The van der Waals surface area contributed by atoms with Crippen LogP contribution in [0.4, 0.5) is 10.1 Å². The number of aromatic nitrogens is 1. The van der Waals surface area contributed by atoms with Crippen molar-refractivity contribution in [1.29, 1.82) is 5.26 Å². The number of carbonyl (C=O) groups is 1. The Morgan fingerprint density at radius 1 is 1.35 bits per heavy atom. The Bertz CT molecular complexity index is 986. The number of rotatable bonds is 6. The van der Waals surface area contributed by atoms with E-state index in [1.807, 2.05) is 6.07 Å². The third-order valence-electron chi connectivity index (χ3n) is 3.54. The van der Waals surface area contributed by atoms with Gasteiger partial charge in [-0.2, -0.15) is 5.26 Å². The Hall–Kier alpha value is -2.56. The molecular formula is C18H13ClFN3O2S. The first kappa shape index (κ1) is 18.2. The zero-order valence-electron chi connectivity index (χ0n) is 13.5. The minimum absolute atomic E-state index is 0.000314. The Kier molecular flexibility index (Phi) is 5.76. The van der Waals surface area contributed by atoms with Crippen LogP contribution in [0, 0.1) is 17.1 Å². The van der Waals surface area contributed by atoms with Crippen LogP contribution in [-0.4, -0.2) is 23.2 Å². The highest BCUT2D eigenvalue weighted by atomic mass is 35.5. The fraction of sp³-hybridized carbons (Fsp3) is 0.167. The highest BCUT2D eigenvalue weighted by Crippen LogP contribution is 2.27. The standard InChI is InChI=1S/C18H13ClFN3O2S/c19-12-6-7-14-16(10-12)25-18(22-14)26-11-17(24)23(9-3-8-21)15-5-2-1-4-13(15)20/h1-2,4-7,10H,3,9,11H2. The van der Waals surface area contributed by atoms with Crippen molar-refractivity contribution in [2.75, 3.05) is 17.2 Å². The lowest BCUT2D eigenvalue weighted by molar-refractivity contribution is -0.116. The average molecular weight is 390 g/mol. The maximum Gasteiger partial charge on any atom is 0.257 e. The molecule has 0 saturated carbocycles. The molecular weight excluding hydrogens is 377 g/mol. The van der Waals surface area contributed by atoms with Gasteiger partial charge in [-0.1, -0.05) is 35.5 Å². The van der Waals surface area contributed by atoms with Gasteiger partial charge in [0.1, 0.15) is 11.3 Å². The summed E-state index contributed by atoms with van der Waals surface area (Å²) in [7, 11) is 0. The summed E-state index contributed by atoms with van der Waals surface area (Å²) < 4.78 is 19.6. The van der Waals surface area contributed by atoms with E-state index in [1.165, 1.54) is 17.0 Å². The predicted octanol–water partition coefficient (Wildman–Crippen LogP) is 4.66. The molecule has 1 heterocycles. The number of fused-ring (bicyclic) bond motifs is 1. The van der Waals surface area contributed by atoms with Crippen molar-refractivity contribution in [3.8, 4) is 6.07 Å². The highest BCUT2D eigenvalue weighted by molar-refractivity contribution is 7.99. The molecule has 0 radical (unpaired) electrons. The summed E-state index contributed by atoms with van der Waals surface area (Å²) in [6.45, 7) is 0.111. The van der Waals surface area contributed by atoms with Crippen LogP contribution in [0.5, 0.6) is 0 Å². The van der Waals surface area contributed by atoms with Crippen molar-refractivity contribution in [2.24, 2.45) is 0 Å². The van der Waals surface area contributed by atoms with Crippen LogP contribution in [0.3, 0.4) is 0 Å². The zero-order valence-corrected chi connectivity index (χ0v) is 15.1. The number of thioether (sulfide) groups is 1. The fourth-order valence-electron chi connectivity index (χ4n) is 2.35. The number of para-hydroxylation sites is 1. The molecule has 1 amide bonds. The molecule has 0 bridgehead atoms. The first-order valence-electron chi connectivity index (χ1n) is 7.69. The highest BCUT2D eigenvalue weighted by Gasteiger charge is 2.20. The largest absolute Gasteiger partial charge is 0.431 e. The van der Waals surface area contributed by atoms with Crippen LogP contribution in [-0.2, 0) is 4.79 Å². The molecule has 0 spiro atoms. The Labute approximate surface area is 158 Å². The normalized spacial score (nSPS) is 10.7. The lowest BCUT2D eigenvalue weighted by atomic mass is 10.2. The van der Waals surface area contributed by atoms with E-state index < -0.39 is 5.82 Å². The molecule has 0 saturated heterocycles. The maximum absolute atomic E-state index is 14.0. The van der Waals surface area contributed by atoms with Crippen LogP contribution < -0.4 is 4.90 Å². The molecule has 3 rings (SSSR count). The molecule has 8 heteroatoms. The smallest absolute Gasteiger partial charge is 0.257 e. The summed E-state index contributed by atoms with van der Waals surface area (Å²) in [5, 5.41) is 9.66. The van der Waals surface area contributed by atoms with Crippen molar-refractivity contribution in [3.05, 3.63) is 53.3 Å². The minimum atomic E-state index is -0.514. The van der Waals surface area contributed by atoms with E-state index in [1.54, 1.807) is 30.3 Å². The number of benzene rings is 2. The third-order valence-corrected chi connectivity index (χ3v) is 4.59. The summed E-state index contributed by atoms with van der Waals surface area (Å²) in [6.07, 6.45) is 0.103. The summed E-state index contributed by atoms with van der Waals surface area (Å²) in [5.74, 6) is -0.851. The van der Waals surface area contributed by atoms with Gasteiger partial charge in [0.2, 0.25) is 5.91 Å². The van der Waals surface area contributed by atoms with Crippen LogP contribution in [0.1, 0.15) is 6.42 Å². The van der Waals surface area contributed by atoms with Crippen molar-refractivity contribution >= 4 is 46.1 Å². The maximum atomic E-state index is 14.0. The molecule has 0 aliphatic carbocycles. The fourth-order valence-corrected chi connectivity index (χ4v) is 3.23. The molecule has 1 aromatic heterocycles. The molecule has 0 N–H and O–H groups in total. The van der Waals surface area contributed by atoms with Crippen molar-refractivity contribution < 1.29 is 13.6 Å². The second-order valence-corrected chi connectivity index (χ2v) is 6.65. The summed E-state index contributed by atoms with van der Waals surface area (Å²) >= 11 is 7.02. The van der Waals surface area contributed by atoms with E-state index in [0.29, 0.717) is 21.3 Å². The van der Waals surface area contributed by atoms with Crippen LogP contribution >= 0.6 is 23.4 Å². The number of hydrogen-bond donors (Lipinski definition) is 0. The molecule has 0 unspecified atom stereocenters. The van der Waals surface area contributed by atoms with Gasteiger partial charge in [0.15, 0.2) is 5.58 Å². The van der Waals surface area contributed by atoms with Crippen LogP contribution in [0.2, 0.25) is 5.02 Å². The van der Waals surface area contributed by atoms with Gasteiger partial charge >= 0.3 is 0 Å². The topological polar surface area (TPSA) is 70.1 Å². The molecule has 0 aliphatic rings. The predicted molar refractivity (Wildman–Crippen MR) is 98.7 cm³/mol. The molecule has 0 aliphatic heterocycles. The average Bonchev–Trinajstić information content (AvgIpc) is 3.03. The molecule has 26 heavy (non-hydrogen) atoms. The second-order valence-electron chi connectivity index (χ2n) is 5.29. The first-order chi connectivity index (χ1) is 12.6. The zero-order chi connectivity index (χ0) is 18.5. The first-order valence-corrected chi connectivity index (χ1v) is 9.05.